The fourth-order valence-electron chi connectivity index (χ4n) is 3.17. The number of hydrogen-bond donors (Lipinski definition) is 1. The van der Waals surface area contributed by atoms with Crippen molar-refractivity contribution in [3.63, 3.8) is 0 Å². The quantitative estimate of drug-likeness (QED) is 0.834. The summed E-state index contributed by atoms with van der Waals surface area (Å²) in [7, 11) is -1.76. The van der Waals surface area contributed by atoms with E-state index in [-0.39, 0.29) is 6.04 Å². The first-order valence-electron chi connectivity index (χ1n) is 8.31. The monoisotopic (exact) mass is 348 g/mol. The maximum absolute atomic E-state index is 12.4. The number of rotatable bonds is 7. The molecule has 7 heteroatoms. The van der Waals surface area contributed by atoms with Gasteiger partial charge in [0.2, 0.25) is 0 Å². The molecule has 0 bridgehead atoms. The Morgan fingerprint density at radius 2 is 2.04 bits per heavy atom. The lowest BCUT2D eigenvalue weighted by Crippen LogP contribution is -2.42. The normalized spacial score (nSPS) is 16.1. The van der Waals surface area contributed by atoms with Crippen molar-refractivity contribution >= 4 is 10.2 Å². The van der Waals surface area contributed by atoms with Gasteiger partial charge in [0.15, 0.2) is 0 Å². The molecule has 1 aromatic carbocycles. The molecule has 130 valence electrons. The van der Waals surface area contributed by atoms with Gasteiger partial charge in [0.05, 0.1) is 6.33 Å². The zero-order valence-electron chi connectivity index (χ0n) is 13.9. The molecule has 0 spiro atoms. The molecule has 0 saturated heterocycles. The highest BCUT2D eigenvalue weighted by Crippen LogP contribution is 2.23. The van der Waals surface area contributed by atoms with Crippen molar-refractivity contribution in [1.29, 1.82) is 0 Å². The lowest BCUT2D eigenvalue weighted by Gasteiger charge is -2.23. The minimum atomic E-state index is -3.44. The van der Waals surface area contributed by atoms with Crippen molar-refractivity contribution in [2.24, 2.45) is 0 Å². The van der Waals surface area contributed by atoms with E-state index in [1.54, 1.807) is 19.6 Å². The number of aromatic nitrogens is 2. The van der Waals surface area contributed by atoms with Gasteiger partial charge in [-0.25, -0.2) is 4.98 Å². The molecule has 24 heavy (non-hydrogen) atoms. The molecule has 6 nitrogen and oxygen atoms in total. The minimum absolute atomic E-state index is 0.134. The van der Waals surface area contributed by atoms with Gasteiger partial charge in [-0.1, -0.05) is 37.1 Å². The Balaban J connectivity index is 1.61. The van der Waals surface area contributed by atoms with Crippen LogP contribution in [0.1, 0.15) is 36.8 Å². The molecule has 1 aromatic heterocycles. The van der Waals surface area contributed by atoms with Crippen LogP contribution < -0.4 is 4.72 Å². The van der Waals surface area contributed by atoms with Crippen LogP contribution in [0.2, 0.25) is 0 Å². The third-order valence-corrected chi connectivity index (χ3v) is 6.16. The topological polar surface area (TPSA) is 67.2 Å². The van der Waals surface area contributed by atoms with Gasteiger partial charge in [-0.3, -0.25) is 0 Å². The molecule has 1 heterocycles. The van der Waals surface area contributed by atoms with E-state index in [0.29, 0.717) is 6.54 Å². The molecule has 0 unspecified atom stereocenters. The third kappa shape index (κ3) is 4.23. The smallest absolute Gasteiger partial charge is 0.279 e. The molecule has 3 rings (SSSR count). The van der Waals surface area contributed by atoms with Crippen LogP contribution >= 0.6 is 0 Å². The number of nitrogens with zero attached hydrogens (tertiary/aromatic N) is 3. The van der Waals surface area contributed by atoms with Crippen LogP contribution in [0.4, 0.5) is 0 Å². The van der Waals surface area contributed by atoms with E-state index in [0.717, 1.165) is 43.4 Å². The second-order valence-corrected chi connectivity index (χ2v) is 8.15. The minimum Gasteiger partial charge on any atom is -0.333 e. The van der Waals surface area contributed by atoms with Crippen LogP contribution in [-0.2, 0) is 23.3 Å². The van der Waals surface area contributed by atoms with Crippen LogP contribution in [0.5, 0.6) is 0 Å². The second-order valence-electron chi connectivity index (χ2n) is 6.34. The van der Waals surface area contributed by atoms with Crippen LogP contribution in [0.15, 0.2) is 43.0 Å². The average molecular weight is 348 g/mol. The van der Waals surface area contributed by atoms with Crippen molar-refractivity contribution in [2.75, 3.05) is 7.05 Å². The molecule has 0 aliphatic heterocycles. The lowest BCUT2D eigenvalue weighted by molar-refractivity contribution is 0.366. The standard InChI is InChI=1S/C17H24N4O2S/c1-20(17-7-2-3-8-17)24(22,23)19-12-15-5-4-6-16(11-15)13-21-10-9-18-14-21/h4-6,9-11,14,17,19H,2-3,7-8,12-13H2,1H3. The Labute approximate surface area is 143 Å². The van der Waals surface area contributed by atoms with E-state index in [9.17, 15) is 8.42 Å². The van der Waals surface area contributed by atoms with Crippen LogP contribution in [0.3, 0.4) is 0 Å². The van der Waals surface area contributed by atoms with Crippen LogP contribution in [0, 0.1) is 0 Å². The molecule has 0 radical (unpaired) electrons. The average Bonchev–Trinajstić information content (AvgIpc) is 3.26. The predicted molar refractivity (Wildman–Crippen MR) is 93.5 cm³/mol. The molecule has 1 N–H and O–H groups in total. The molecular formula is C17H24N4O2S. The van der Waals surface area contributed by atoms with Crippen LogP contribution in [-0.4, -0.2) is 35.4 Å². The highest BCUT2D eigenvalue weighted by Gasteiger charge is 2.28. The molecule has 0 atom stereocenters. The maximum Gasteiger partial charge on any atom is 0.279 e. The van der Waals surface area contributed by atoms with Crippen LogP contribution in [0.25, 0.3) is 0 Å². The maximum atomic E-state index is 12.4. The Bertz CT molecular complexity index is 753. The number of hydrogen-bond acceptors (Lipinski definition) is 3. The lowest BCUT2D eigenvalue weighted by atomic mass is 10.1. The summed E-state index contributed by atoms with van der Waals surface area (Å²) in [5, 5.41) is 0. The summed E-state index contributed by atoms with van der Waals surface area (Å²) in [6, 6.07) is 8.09. The van der Waals surface area contributed by atoms with Crippen molar-refractivity contribution in [2.45, 2.75) is 44.8 Å². The van der Waals surface area contributed by atoms with Gasteiger partial charge in [-0.2, -0.15) is 17.4 Å². The zero-order valence-corrected chi connectivity index (χ0v) is 14.7. The van der Waals surface area contributed by atoms with Gasteiger partial charge >= 0.3 is 0 Å². The second kappa shape index (κ2) is 7.46. The summed E-state index contributed by atoms with van der Waals surface area (Å²) in [5.41, 5.74) is 2.07. The van der Waals surface area contributed by atoms with Gasteiger partial charge in [0, 0.05) is 38.6 Å². The van der Waals surface area contributed by atoms with Crippen molar-refractivity contribution in [3.8, 4) is 0 Å². The number of nitrogens with one attached hydrogen (secondary N) is 1. The Kier molecular flexibility index (Phi) is 5.33. The van der Waals surface area contributed by atoms with Crippen molar-refractivity contribution in [1.82, 2.24) is 18.6 Å². The number of benzene rings is 1. The van der Waals surface area contributed by atoms with E-state index in [4.69, 9.17) is 0 Å². The van der Waals surface area contributed by atoms with Crippen molar-refractivity contribution < 1.29 is 8.42 Å². The van der Waals surface area contributed by atoms with E-state index in [2.05, 4.69) is 9.71 Å². The highest BCUT2D eigenvalue weighted by molar-refractivity contribution is 7.87. The van der Waals surface area contributed by atoms with E-state index in [1.807, 2.05) is 35.0 Å². The summed E-state index contributed by atoms with van der Waals surface area (Å²) in [5.74, 6) is 0. The molecule has 1 fully saturated rings. The molecule has 0 amide bonds. The van der Waals surface area contributed by atoms with Gasteiger partial charge in [-0.15, -0.1) is 0 Å². The molecule has 1 aliphatic rings. The predicted octanol–water partition coefficient (Wildman–Crippen LogP) is 2.14. The zero-order chi connectivity index (χ0) is 17.0. The summed E-state index contributed by atoms with van der Waals surface area (Å²) in [6.07, 6.45) is 9.56. The van der Waals surface area contributed by atoms with E-state index in [1.165, 1.54) is 4.31 Å². The fraction of sp³-hybridized carbons (Fsp3) is 0.471. The largest absolute Gasteiger partial charge is 0.333 e. The Hall–Kier alpha value is -1.70. The summed E-state index contributed by atoms with van der Waals surface area (Å²) >= 11 is 0. The highest BCUT2D eigenvalue weighted by atomic mass is 32.2. The fourth-order valence-corrected chi connectivity index (χ4v) is 4.33. The first-order chi connectivity index (χ1) is 11.5. The Morgan fingerprint density at radius 3 is 2.75 bits per heavy atom. The SMILES string of the molecule is CN(C1CCCC1)S(=O)(=O)NCc1cccc(Cn2ccnc2)c1. The first-order valence-corrected chi connectivity index (χ1v) is 9.75. The molecule has 1 saturated carbocycles. The first kappa shape index (κ1) is 17.1. The van der Waals surface area contributed by atoms with E-state index < -0.39 is 10.2 Å². The van der Waals surface area contributed by atoms with Gasteiger partial charge in [0.25, 0.3) is 10.2 Å². The van der Waals surface area contributed by atoms with Gasteiger partial charge < -0.3 is 4.57 Å². The summed E-state index contributed by atoms with van der Waals surface area (Å²) < 4.78 is 31.1. The summed E-state index contributed by atoms with van der Waals surface area (Å²) in [6.45, 7) is 1.03. The van der Waals surface area contributed by atoms with E-state index >= 15 is 0 Å². The van der Waals surface area contributed by atoms with Gasteiger partial charge in [0.1, 0.15) is 0 Å². The molecule has 2 aromatic rings. The number of imidazole rings is 1. The van der Waals surface area contributed by atoms with Gasteiger partial charge in [-0.05, 0) is 24.0 Å². The molecule has 1 aliphatic carbocycles. The Morgan fingerprint density at radius 1 is 1.29 bits per heavy atom. The summed E-state index contributed by atoms with van der Waals surface area (Å²) in [4.78, 5) is 4.03. The van der Waals surface area contributed by atoms with Crippen molar-refractivity contribution in [3.05, 3.63) is 54.1 Å². The third-order valence-electron chi connectivity index (χ3n) is 4.59. The molecular weight excluding hydrogens is 324 g/mol.